The number of esters is 1. The summed E-state index contributed by atoms with van der Waals surface area (Å²) in [6.07, 6.45) is -0.347. The highest BCUT2D eigenvalue weighted by atomic mass is 19.4. The van der Waals surface area contributed by atoms with E-state index < -0.39 is 53.5 Å². The minimum atomic E-state index is -4.76. The molecule has 1 unspecified atom stereocenters. The van der Waals surface area contributed by atoms with E-state index in [0.717, 1.165) is 52.8 Å². The summed E-state index contributed by atoms with van der Waals surface area (Å²) >= 11 is 0. The van der Waals surface area contributed by atoms with Crippen molar-refractivity contribution in [2.45, 2.75) is 105 Å². The SMILES string of the molecule is CCOC(=O)C[C@H](NC(=O)C(CC(C)C)n1cc(CCN2CC3(CCC3)C2)c(C(F)(F)F)cc1=O)c1cc(-c2c(C)cc(C)cc2C)cc(C)c1F. The van der Waals surface area contributed by atoms with E-state index in [1.807, 2.05) is 46.8 Å². The lowest BCUT2D eigenvalue weighted by Crippen LogP contribution is -2.59. The molecule has 1 spiro atoms. The summed E-state index contributed by atoms with van der Waals surface area (Å²) in [7, 11) is 0. The van der Waals surface area contributed by atoms with Crippen molar-refractivity contribution in [2.75, 3.05) is 26.2 Å². The molecule has 2 fully saturated rings. The molecule has 282 valence electrons. The molecule has 2 aliphatic rings. The van der Waals surface area contributed by atoms with Gasteiger partial charge in [0.05, 0.1) is 24.6 Å². The molecule has 1 aliphatic carbocycles. The summed E-state index contributed by atoms with van der Waals surface area (Å²) in [4.78, 5) is 42.8. The fraction of sp³-hybridized carbons (Fsp3) is 0.537. The van der Waals surface area contributed by atoms with Gasteiger partial charge in [-0.15, -0.1) is 0 Å². The van der Waals surface area contributed by atoms with E-state index in [4.69, 9.17) is 4.74 Å². The summed E-state index contributed by atoms with van der Waals surface area (Å²) in [5.41, 5.74) is 3.28. The average Bonchev–Trinajstić information content (AvgIpc) is 2.99. The number of amides is 1. The molecule has 5 rings (SSSR count). The van der Waals surface area contributed by atoms with Crippen molar-refractivity contribution < 1.29 is 31.9 Å². The molecule has 0 bridgehead atoms. The Morgan fingerprint density at radius 1 is 0.981 bits per heavy atom. The molecule has 2 aromatic carbocycles. The van der Waals surface area contributed by atoms with Gasteiger partial charge in [-0.1, -0.05) is 38.0 Å². The van der Waals surface area contributed by atoms with Gasteiger partial charge in [0.25, 0.3) is 5.56 Å². The molecule has 1 aromatic heterocycles. The maximum atomic E-state index is 16.1. The van der Waals surface area contributed by atoms with Crippen LogP contribution in [0, 0.1) is 44.8 Å². The quantitative estimate of drug-likeness (QED) is 0.142. The zero-order valence-electron chi connectivity index (χ0n) is 31.3. The first-order valence-electron chi connectivity index (χ1n) is 18.3. The Balaban J connectivity index is 1.52. The van der Waals surface area contributed by atoms with Gasteiger partial charge in [-0.05, 0) is 117 Å². The first-order valence-corrected chi connectivity index (χ1v) is 18.3. The highest BCUT2D eigenvalue weighted by molar-refractivity contribution is 5.82. The number of aryl methyl sites for hydroxylation is 4. The average molecular weight is 726 g/mol. The number of hydrogen-bond donors (Lipinski definition) is 1. The van der Waals surface area contributed by atoms with Crippen molar-refractivity contribution in [2.24, 2.45) is 11.3 Å². The number of halogens is 4. The Labute approximate surface area is 303 Å². The van der Waals surface area contributed by atoms with Gasteiger partial charge in [-0.3, -0.25) is 14.4 Å². The first kappa shape index (κ1) is 39.2. The Hall–Kier alpha value is -3.99. The van der Waals surface area contributed by atoms with Crippen LogP contribution in [0.3, 0.4) is 0 Å². The summed E-state index contributed by atoms with van der Waals surface area (Å²) < 4.78 is 65.1. The van der Waals surface area contributed by atoms with Crippen LogP contribution in [0.25, 0.3) is 11.1 Å². The molecule has 1 amide bonds. The number of benzene rings is 2. The smallest absolute Gasteiger partial charge is 0.416 e. The number of pyridine rings is 1. The first-order chi connectivity index (χ1) is 24.4. The van der Waals surface area contributed by atoms with E-state index in [0.29, 0.717) is 29.2 Å². The number of likely N-dealkylation sites (tertiary alicyclic amines) is 1. The normalized spacial score (nSPS) is 16.7. The molecule has 3 aromatic rings. The van der Waals surface area contributed by atoms with Crippen LogP contribution in [0.2, 0.25) is 0 Å². The summed E-state index contributed by atoms with van der Waals surface area (Å²) in [5, 5.41) is 2.82. The van der Waals surface area contributed by atoms with E-state index >= 15 is 4.39 Å². The minimum Gasteiger partial charge on any atom is -0.466 e. The fourth-order valence-electron chi connectivity index (χ4n) is 8.15. The van der Waals surface area contributed by atoms with Gasteiger partial charge in [0.15, 0.2) is 0 Å². The van der Waals surface area contributed by atoms with Crippen molar-refractivity contribution in [3.05, 3.63) is 91.6 Å². The fourth-order valence-corrected chi connectivity index (χ4v) is 8.15. The molecule has 11 heteroatoms. The van der Waals surface area contributed by atoms with Crippen LogP contribution in [0.5, 0.6) is 0 Å². The third-order valence-electron chi connectivity index (χ3n) is 10.6. The van der Waals surface area contributed by atoms with Crippen molar-refractivity contribution >= 4 is 11.9 Å². The molecule has 52 heavy (non-hydrogen) atoms. The number of aromatic nitrogens is 1. The summed E-state index contributed by atoms with van der Waals surface area (Å²) in [6, 6.07) is 5.56. The van der Waals surface area contributed by atoms with Crippen LogP contribution in [-0.2, 0) is 26.9 Å². The van der Waals surface area contributed by atoms with Crippen LogP contribution in [0.1, 0.15) is 104 Å². The number of rotatable bonds is 13. The Morgan fingerprint density at radius 3 is 2.19 bits per heavy atom. The highest BCUT2D eigenvalue weighted by Crippen LogP contribution is 2.48. The molecule has 7 nitrogen and oxygen atoms in total. The molecule has 1 aliphatic heterocycles. The van der Waals surface area contributed by atoms with Crippen LogP contribution in [0.4, 0.5) is 17.6 Å². The molecule has 2 atom stereocenters. The zero-order chi connectivity index (χ0) is 38.1. The summed E-state index contributed by atoms with van der Waals surface area (Å²) in [5.74, 6) is -2.13. The van der Waals surface area contributed by atoms with E-state index in [1.165, 1.54) is 12.6 Å². The number of nitrogens with one attached hydrogen (secondary N) is 1. The van der Waals surface area contributed by atoms with Gasteiger partial charge in [0.1, 0.15) is 11.9 Å². The predicted octanol–water partition coefficient (Wildman–Crippen LogP) is 8.33. The molecular formula is C41H51F4N3O4. The minimum absolute atomic E-state index is 0.0574. The Bertz CT molecular complexity index is 1850. The Kier molecular flexibility index (Phi) is 11.7. The van der Waals surface area contributed by atoms with E-state index in [9.17, 15) is 27.6 Å². The van der Waals surface area contributed by atoms with Crippen molar-refractivity contribution in [3.63, 3.8) is 0 Å². The second-order valence-electron chi connectivity index (χ2n) is 15.5. The van der Waals surface area contributed by atoms with E-state index in [1.54, 1.807) is 26.0 Å². The topological polar surface area (TPSA) is 80.6 Å². The van der Waals surface area contributed by atoms with E-state index in [-0.39, 0.29) is 36.5 Å². The Morgan fingerprint density at radius 2 is 1.63 bits per heavy atom. The van der Waals surface area contributed by atoms with Crippen LogP contribution in [-0.4, -0.2) is 47.6 Å². The lowest BCUT2D eigenvalue weighted by Gasteiger charge is -2.56. The number of carbonyl (C=O) groups is 2. The van der Waals surface area contributed by atoms with Gasteiger partial charge in [0.2, 0.25) is 5.91 Å². The van der Waals surface area contributed by atoms with Gasteiger partial charge in [-0.2, -0.15) is 13.2 Å². The number of ether oxygens (including phenoxy) is 1. The monoisotopic (exact) mass is 725 g/mol. The number of hydrogen-bond acceptors (Lipinski definition) is 5. The van der Waals surface area contributed by atoms with Crippen molar-refractivity contribution in [1.29, 1.82) is 0 Å². The van der Waals surface area contributed by atoms with Crippen molar-refractivity contribution in [3.8, 4) is 11.1 Å². The number of carbonyl (C=O) groups excluding carboxylic acids is 2. The van der Waals surface area contributed by atoms with Crippen LogP contribution >= 0.6 is 0 Å². The molecule has 1 N–H and O–H groups in total. The molecule has 0 radical (unpaired) electrons. The molecule has 1 saturated carbocycles. The zero-order valence-corrected chi connectivity index (χ0v) is 31.3. The lowest BCUT2D eigenvalue weighted by molar-refractivity contribution is -0.144. The van der Waals surface area contributed by atoms with Crippen LogP contribution < -0.4 is 10.9 Å². The molecular weight excluding hydrogens is 674 g/mol. The number of nitrogens with zero attached hydrogens (tertiary/aromatic N) is 2. The number of alkyl halides is 3. The lowest BCUT2D eigenvalue weighted by atomic mass is 9.63. The van der Waals surface area contributed by atoms with Gasteiger partial charge < -0.3 is 19.5 Å². The van der Waals surface area contributed by atoms with Crippen molar-refractivity contribution in [1.82, 2.24) is 14.8 Å². The second kappa shape index (κ2) is 15.5. The highest BCUT2D eigenvalue weighted by Gasteiger charge is 2.47. The molecule has 1 saturated heterocycles. The van der Waals surface area contributed by atoms with Gasteiger partial charge >= 0.3 is 12.1 Å². The maximum Gasteiger partial charge on any atom is 0.416 e. The molecule has 2 heterocycles. The second-order valence-corrected chi connectivity index (χ2v) is 15.5. The van der Waals surface area contributed by atoms with E-state index in [2.05, 4.69) is 10.2 Å². The third kappa shape index (κ3) is 8.62. The van der Waals surface area contributed by atoms with Gasteiger partial charge in [0, 0.05) is 37.5 Å². The largest absolute Gasteiger partial charge is 0.466 e. The van der Waals surface area contributed by atoms with Gasteiger partial charge in [-0.25, -0.2) is 4.39 Å². The van der Waals surface area contributed by atoms with Crippen LogP contribution in [0.15, 0.2) is 41.3 Å². The predicted molar refractivity (Wildman–Crippen MR) is 194 cm³/mol. The maximum absolute atomic E-state index is 16.1. The summed E-state index contributed by atoms with van der Waals surface area (Å²) in [6.45, 7) is 15.0. The standard InChI is InChI=1S/C41H51F4N3O4/c1-8-52-36(50)20-33(31-18-30(17-28(7)38(31)42)37-26(5)15-25(4)16-27(37)6)46-39(51)34(14-24(2)3)48-21-29(32(19-35(48)49)41(43,44)45)10-13-47-22-40(23-47)11-9-12-40/h15-19,21,24,33-34H,8-14,20,22-23H2,1-7H3,(H,46,51)/t33-,34?/m0/s1. The third-order valence-corrected chi connectivity index (χ3v) is 10.6.